The molecule has 0 N–H and O–H groups in total. The Morgan fingerprint density at radius 1 is 1.11 bits per heavy atom. The number of ether oxygens (including phenoxy) is 1. The molecule has 0 atom stereocenters. The zero-order chi connectivity index (χ0) is 13.7. The molecule has 0 saturated carbocycles. The molecule has 2 aromatic carbocycles. The van der Waals surface area contributed by atoms with E-state index in [2.05, 4.69) is 6.58 Å². The first-order valence-electron chi connectivity index (χ1n) is 5.68. The normalized spacial score (nSPS) is 9.42. The number of carbonyl (C=O) groups excluding carboxylic acids is 1. The molecule has 0 aromatic heterocycles. The summed E-state index contributed by atoms with van der Waals surface area (Å²) < 4.78 is 5.20. The largest absolute Gasteiger partial charge is 0.423 e. The number of carbonyl (C=O) groups is 1. The highest BCUT2D eigenvalue weighted by atomic mass is 16.5. The Morgan fingerprint density at radius 2 is 1.74 bits per heavy atom. The second-order valence-corrected chi connectivity index (χ2v) is 3.85. The van der Waals surface area contributed by atoms with E-state index >= 15 is 0 Å². The van der Waals surface area contributed by atoms with Gasteiger partial charge in [0, 0.05) is 0 Å². The highest BCUT2D eigenvalue weighted by Crippen LogP contribution is 2.14. The van der Waals surface area contributed by atoms with Crippen LogP contribution in [0.15, 0.2) is 55.1 Å². The predicted molar refractivity (Wildman–Crippen MR) is 72.6 cm³/mol. The minimum atomic E-state index is -0.430. The van der Waals surface area contributed by atoms with Gasteiger partial charge in [-0.15, -0.1) is 0 Å². The summed E-state index contributed by atoms with van der Waals surface area (Å²) in [4.78, 5) is 11.9. The van der Waals surface area contributed by atoms with Gasteiger partial charge in [-0.25, -0.2) is 4.79 Å². The van der Waals surface area contributed by atoms with Gasteiger partial charge in [0.2, 0.25) is 0 Å². The molecule has 0 saturated heterocycles. The molecule has 0 unspecified atom stereocenters. The highest BCUT2D eigenvalue weighted by Gasteiger charge is 2.08. The Bertz CT molecular complexity index is 634. The number of nitriles is 1. The summed E-state index contributed by atoms with van der Waals surface area (Å²) in [5, 5.41) is 8.67. The fraction of sp³-hybridized carbons (Fsp3) is 0. The lowest BCUT2D eigenvalue weighted by molar-refractivity contribution is 0.0735. The summed E-state index contributed by atoms with van der Waals surface area (Å²) in [7, 11) is 0. The van der Waals surface area contributed by atoms with Crippen LogP contribution in [0, 0.1) is 11.3 Å². The van der Waals surface area contributed by atoms with E-state index in [4.69, 9.17) is 10.00 Å². The van der Waals surface area contributed by atoms with Gasteiger partial charge in [0.25, 0.3) is 0 Å². The molecule has 0 fully saturated rings. The van der Waals surface area contributed by atoms with E-state index < -0.39 is 5.97 Å². The van der Waals surface area contributed by atoms with E-state index in [-0.39, 0.29) is 0 Å². The summed E-state index contributed by atoms with van der Waals surface area (Å²) in [6.07, 6.45) is 1.70. The van der Waals surface area contributed by atoms with Crippen LogP contribution in [0.4, 0.5) is 0 Å². The first-order valence-corrected chi connectivity index (χ1v) is 5.68. The Kier molecular flexibility index (Phi) is 3.75. The Labute approximate surface area is 111 Å². The topological polar surface area (TPSA) is 50.1 Å². The maximum atomic E-state index is 11.9. The fourth-order valence-electron chi connectivity index (χ4n) is 1.52. The quantitative estimate of drug-likeness (QED) is 0.618. The highest BCUT2D eigenvalue weighted by molar-refractivity contribution is 5.91. The van der Waals surface area contributed by atoms with Crippen LogP contribution in [-0.4, -0.2) is 5.97 Å². The molecule has 0 aliphatic rings. The molecule has 0 spiro atoms. The second-order valence-electron chi connectivity index (χ2n) is 3.85. The SMILES string of the molecule is C=Cc1ccc(C(=O)Oc2ccc(C#N)cc2)cc1. The van der Waals surface area contributed by atoms with Gasteiger partial charge in [-0.3, -0.25) is 0 Å². The molecule has 2 rings (SSSR count). The average Bonchev–Trinajstić information content (AvgIpc) is 2.48. The lowest BCUT2D eigenvalue weighted by Crippen LogP contribution is -2.08. The number of nitrogens with zero attached hydrogens (tertiary/aromatic N) is 1. The van der Waals surface area contributed by atoms with Gasteiger partial charge in [-0.05, 0) is 42.0 Å². The zero-order valence-corrected chi connectivity index (χ0v) is 10.2. The number of rotatable bonds is 3. The Balaban J connectivity index is 2.11. The molecule has 0 bridgehead atoms. The minimum absolute atomic E-state index is 0.414. The molecule has 92 valence electrons. The Morgan fingerprint density at radius 3 is 2.26 bits per heavy atom. The predicted octanol–water partition coefficient (Wildman–Crippen LogP) is 3.42. The molecule has 0 radical (unpaired) electrons. The van der Waals surface area contributed by atoms with Gasteiger partial charge < -0.3 is 4.74 Å². The zero-order valence-electron chi connectivity index (χ0n) is 10.2. The van der Waals surface area contributed by atoms with Gasteiger partial charge in [0.05, 0.1) is 17.2 Å². The first kappa shape index (κ1) is 12.6. The van der Waals surface area contributed by atoms with Crippen molar-refractivity contribution in [2.45, 2.75) is 0 Å². The maximum absolute atomic E-state index is 11.9. The van der Waals surface area contributed by atoms with Crippen LogP contribution in [0.2, 0.25) is 0 Å². The van der Waals surface area contributed by atoms with Crippen LogP contribution in [-0.2, 0) is 0 Å². The van der Waals surface area contributed by atoms with Gasteiger partial charge in [-0.2, -0.15) is 5.26 Å². The summed E-state index contributed by atoms with van der Waals surface area (Å²) in [5.41, 5.74) is 1.93. The third kappa shape index (κ3) is 3.08. The summed E-state index contributed by atoms with van der Waals surface area (Å²) >= 11 is 0. The van der Waals surface area contributed by atoms with E-state index in [9.17, 15) is 4.79 Å². The van der Waals surface area contributed by atoms with Crippen molar-refractivity contribution in [3.63, 3.8) is 0 Å². The van der Waals surface area contributed by atoms with Crippen molar-refractivity contribution in [3.8, 4) is 11.8 Å². The molecular weight excluding hydrogens is 238 g/mol. The molecular formula is C16H11NO2. The van der Waals surface area contributed by atoms with Crippen molar-refractivity contribution in [2.75, 3.05) is 0 Å². The molecule has 0 amide bonds. The number of esters is 1. The van der Waals surface area contributed by atoms with Crippen LogP contribution >= 0.6 is 0 Å². The molecule has 2 aromatic rings. The van der Waals surface area contributed by atoms with Crippen LogP contribution in [0.25, 0.3) is 6.08 Å². The number of benzene rings is 2. The van der Waals surface area contributed by atoms with Gasteiger partial charge in [-0.1, -0.05) is 24.8 Å². The molecule has 3 heteroatoms. The summed E-state index contributed by atoms with van der Waals surface area (Å²) in [6, 6.07) is 15.3. The lowest BCUT2D eigenvalue weighted by Gasteiger charge is -2.04. The minimum Gasteiger partial charge on any atom is -0.423 e. The molecule has 0 aliphatic heterocycles. The molecule has 0 heterocycles. The lowest BCUT2D eigenvalue weighted by atomic mass is 10.1. The van der Waals surface area contributed by atoms with Crippen molar-refractivity contribution in [2.24, 2.45) is 0 Å². The standard InChI is InChI=1S/C16H11NO2/c1-2-12-3-7-14(8-4-12)16(18)19-15-9-5-13(11-17)6-10-15/h2-10H,1H2. The van der Waals surface area contributed by atoms with E-state index in [0.717, 1.165) is 5.56 Å². The second kappa shape index (κ2) is 5.65. The third-order valence-electron chi connectivity index (χ3n) is 2.58. The summed E-state index contributed by atoms with van der Waals surface area (Å²) in [5.74, 6) is -0.0166. The smallest absolute Gasteiger partial charge is 0.343 e. The number of hydrogen-bond donors (Lipinski definition) is 0. The average molecular weight is 249 g/mol. The van der Waals surface area contributed by atoms with Crippen molar-refractivity contribution < 1.29 is 9.53 Å². The van der Waals surface area contributed by atoms with Crippen LogP contribution in [0.1, 0.15) is 21.5 Å². The van der Waals surface area contributed by atoms with E-state index in [0.29, 0.717) is 16.9 Å². The van der Waals surface area contributed by atoms with Crippen molar-refractivity contribution >= 4 is 12.0 Å². The van der Waals surface area contributed by atoms with E-state index in [1.807, 2.05) is 6.07 Å². The van der Waals surface area contributed by atoms with E-state index in [1.165, 1.54) is 0 Å². The number of hydrogen-bond acceptors (Lipinski definition) is 3. The first-order chi connectivity index (χ1) is 9.22. The molecule has 19 heavy (non-hydrogen) atoms. The fourth-order valence-corrected chi connectivity index (χ4v) is 1.52. The van der Waals surface area contributed by atoms with Gasteiger partial charge in [0.1, 0.15) is 5.75 Å². The van der Waals surface area contributed by atoms with Gasteiger partial charge in [0.15, 0.2) is 0 Å². The van der Waals surface area contributed by atoms with Crippen LogP contribution < -0.4 is 4.74 Å². The Hall–Kier alpha value is -2.86. The van der Waals surface area contributed by atoms with Crippen molar-refractivity contribution in [1.29, 1.82) is 5.26 Å². The molecule has 0 aliphatic carbocycles. The third-order valence-corrected chi connectivity index (χ3v) is 2.58. The van der Waals surface area contributed by atoms with E-state index in [1.54, 1.807) is 54.6 Å². The molecule has 3 nitrogen and oxygen atoms in total. The van der Waals surface area contributed by atoms with Gasteiger partial charge >= 0.3 is 5.97 Å². The van der Waals surface area contributed by atoms with Crippen LogP contribution in [0.5, 0.6) is 5.75 Å². The van der Waals surface area contributed by atoms with Crippen LogP contribution in [0.3, 0.4) is 0 Å². The monoisotopic (exact) mass is 249 g/mol. The maximum Gasteiger partial charge on any atom is 0.343 e. The van der Waals surface area contributed by atoms with Crippen molar-refractivity contribution in [3.05, 3.63) is 71.8 Å². The van der Waals surface area contributed by atoms with Crippen molar-refractivity contribution in [1.82, 2.24) is 0 Å². The summed E-state index contributed by atoms with van der Waals surface area (Å²) in [6.45, 7) is 3.65.